The molecule has 0 aliphatic carbocycles. The van der Waals surface area contributed by atoms with Gasteiger partial charge in [-0.3, -0.25) is 4.98 Å². The Balaban J connectivity index is 2.01. The number of benzene rings is 1. The number of nitrogens with zero attached hydrogens (tertiary/aromatic N) is 2. The molecule has 0 amide bonds. The lowest BCUT2D eigenvalue weighted by molar-refractivity contribution is 0.929. The van der Waals surface area contributed by atoms with Crippen LogP contribution < -0.4 is 4.90 Å². The number of alkyl halides is 1. The molecule has 0 saturated carbocycles. The first kappa shape index (κ1) is 14.8. The van der Waals surface area contributed by atoms with Crippen LogP contribution in [0.1, 0.15) is 11.3 Å². The van der Waals surface area contributed by atoms with Crippen LogP contribution in [-0.2, 0) is 12.4 Å². The molecule has 2 nitrogen and oxygen atoms in total. The van der Waals surface area contributed by atoms with Crippen LogP contribution in [0.5, 0.6) is 0 Å². The molecule has 2 heterocycles. The summed E-state index contributed by atoms with van der Waals surface area (Å²) in [5.41, 5.74) is 4.36. The van der Waals surface area contributed by atoms with Gasteiger partial charge in [0.1, 0.15) is 0 Å². The summed E-state index contributed by atoms with van der Waals surface area (Å²) in [5, 5.41) is 3.33. The van der Waals surface area contributed by atoms with Crippen molar-refractivity contribution in [1.82, 2.24) is 4.98 Å². The van der Waals surface area contributed by atoms with Crippen molar-refractivity contribution in [3.05, 3.63) is 56.8 Å². The molecule has 5 heteroatoms. The summed E-state index contributed by atoms with van der Waals surface area (Å²) in [6, 6.07) is 12.4. The average Bonchev–Trinajstić information content (AvgIpc) is 2.91. The highest BCUT2D eigenvalue weighted by Crippen LogP contribution is 2.29. The van der Waals surface area contributed by atoms with Gasteiger partial charge in [0.25, 0.3) is 0 Å². The van der Waals surface area contributed by atoms with Gasteiger partial charge in [0.05, 0.1) is 20.9 Å². The largest absolute Gasteiger partial charge is 0.370 e. The van der Waals surface area contributed by atoms with Gasteiger partial charge in [-0.2, -0.15) is 0 Å². The molecular formula is C16H14BrClN2S. The topological polar surface area (TPSA) is 16.1 Å². The Kier molecular flexibility index (Phi) is 4.48. The standard InChI is InChI=1S/C16H14BrClN2S/c1-20(9-11-6-16(17)21-10-11)15-7-12(8-18)19-14-5-3-2-4-13(14)15/h2-7,10H,8-9H2,1H3. The Labute approximate surface area is 141 Å². The van der Waals surface area contributed by atoms with Crippen molar-refractivity contribution in [1.29, 1.82) is 0 Å². The van der Waals surface area contributed by atoms with Crippen molar-refractivity contribution in [3.8, 4) is 0 Å². The third-order valence-corrected chi connectivity index (χ3v) is 5.16. The quantitative estimate of drug-likeness (QED) is 0.560. The summed E-state index contributed by atoms with van der Waals surface area (Å²) >= 11 is 11.2. The van der Waals surface area contributed by atoms with E-state index in [4.69, 9.17) is 11.6 Å². The van der Waals surface area contributed by atoms with Gasteiger partial charge < -0.3 is 4.90 Å². The smallest absolute Gasteiger partial charge is 0.0726 e. The summed E-state index contributed by atoms with van der Waals surface area (Å²) < 4.78 is 1.16. The third-order valence-electron chi connectivity index (χ3n) is 3.34. The van der Waals surface area contributed by atoms with Crippen LogP contribution in [0.3, 0.4) is 0 Å². The van der Waals surface area contributed by atoms with Crippen molar-refractivity contribution in [2.75, 3.05) is 11.9 Å². The second-order valence-corrected chi connectivity index (χ2v) is 7.46. The molecule has 0 unspecified atom stereocenters. The fourth-order valence-electron chi connectivity index (χ4n) is 2.38. The number of hydrogen-bond donors (Lipinski definition) is 0. The normalized spacial score (nSPS) is 11.0. The molecule has 1 aromatic carbocycles. The van der Waals surface area contributed by atoms with Gasteiger partial charge in [0.2, 0.25) is 0 Å². The number of rotatable bonds is 4. The van der Waals surface area contributed by atoms with Crippen LogP contribution in [0.4, 0.5) is 5.69 Å². The van der Waals surface area contributed by atoms with Gasteiger partial charge in [-0.1, -0.05) is 18.2 Å². The zero-order valence-electron chi connectivity index (χ0n) is 11.5. The van der Waals surface area contributed by atoms with Crippen LogP contribution in [0.25, 0.3) is 10.9 Å². The minimum atomic E-state index is 0.426. The number of halogens is 2. The number of thiophene rings is 1. The van der Waals surface area contributed by atoms with Crippen molar-refractivity contribution >= 4 is 55.5 Å². The molecule has 3 rings (SSSR count). The van der Waals surface area contributed by atoms with Gasteiger partial charge >= 0.3 is 0 Å². The molecule has 2 aromatic heterocycles. The Bertz CT molecular complexity index is 772. The lowest BCUT2D eigenvalue weighted by atomic mass is 10.1. The Morgan fingerprint density at radius 1 is 1.29 bits per heavy atom. The number of hydrogen-bond acceptors (Lipinski definition) is 3. The van der Waals surface area contributed by atoms with Crippen LogP contribution in [0.2, 0.25) is 0 Å². The maximum absolute atomic E-state index is 5.98. The van der Waals surface area contributed by atoms with E-state index in [0.29, 0.717) is 5.88 Å². The van der Waals surface area contributed by atoms with E-state index in [9.17, 15) is 0 Å². The molecule has 0 atom stereocenters. The predicted octanol–water partition coefficient (Wildman–Crippen LogP) is 5.43. The lowest BCUT2D eigenvalue weighted by Gasteiger charge is -2.21. The highest BCUT2D eigenvalue weighted by molar-refractivity contribution is 9.11. The molecule has 108 valence electrons. The number of anilines is 1. The Morgan fingerprint density at radius 3 is 2.81 bits per heavy atom. The summed E-state index contributed by atoms with van der Waals surface area (Å²) in [6.45, 7) is 0.859. The molecule has 0 saturated heterocycles. The second-order valence-electron chi connectivity index (χ2n) is 4.90. The third kappa shape index (κ3) is 3.23. The highest BCUT2D eigenvalue weighted by atomic mass is 79.9. The van der Waals surface area contributed by atoms with E-state index in [0.717, 1.165) is 26.9 Å². The van der Waals surface area contributed by atoms with E-state index >= 15 is 0 Å². The van der Waals surface area contributed by atoms with Crippen LogP contribution >= 0.6 is 38.9 Å². The monoisotopic (exact) mass is 380 g/mol. The molecule has 0 spiro atoms. The zero-order valence-corrected chi connectivity index (χ0v) is 14.7. The minimum absolute atomic E-state index is 0.426. The molecule has 3 aromatic rings. The van der Waals surface area contributed by atoms with Gasteiger partial charge in [-0.05, 0) is 45.1 Å². The summed E-state index contributed by atoms with van der Waals surface area (Å²) in [6.07, 6.45) is 0. The first-order valence-corrected chi connectivity index (χ1v) is 8.77. The number of para-hydroxylation sites is 1. The van der Waals surface area contributed by atoms with Crippen LogP contribution in [0.15, 0.2) is 45.6 Å². The van der Waals surface area contributed by atoms with Crippen LogP contribution in [-0.4, -0.2) is 12.0 Å². The summed E-state index contributed by atoms with van der Waals surface area (Å²) in [5.74, 6) is 0.426. The first-order valence-electron chi connectivity index (χ1n) is 6.56. The van der Waals surface area contributed by atoms with Gasteiger partial charge in [0, 0.05) is 24.7 Å². The van der Waals surface area contributed by atoms with Gasteiger partial charge in [0.15, 0.2) is 0 Å². The predicted molar refractivity (Wildman–Crippen MR) is 95.4 cm³/mol. The summed E-state index contributed by atoms with van der Waals surface area (Å²) in [4.78, 5) is 6.83. The van der Waals surface area contributed by atoms with E-state index in [1.54, 1.807) is 11.3 Å². The molecule has 0 N–H and O–H groups in total. The van der Waals surface area contributed by atoms with E-state index in [2.05, 4.69) is 56.4 Å². The molecule has 0 aliphatic heterocycles. The van der Waals surface area contributed by atoms with Gasteiger partial charge in [-0.15, -0.1) is 22.9 Å². The van der Waals surface area contributed by atoms with Crippen LogP contribution in [0, 0.1) is 0 Å². The minimum Gasteiger partial charge on any atom is -0.370 e. The maximum Gasteiger partial charge on any atom is 0.0726 e. The van der Waals surface area contributed by atoms with Crippen molar-refractivity contribution in [3.63, 3.8) is 0 Å². The second kappa shape index (κ2) is 6.34. The Hall–Kier alpha value is -1.10. The van der Waals surface area contributed by atoms with E-state index < -0.39 is 0 Å². The zero-order chi connectivity index (χ0) is 14.8. The molecule has 0 radical (unpaired) electrons. The van der Waals surface area contributed by atoms with E-state index in [-0.39, 0.29) is 0 Å². The SMILES string of the molecule is CN(Cc1csc(Br)c1)c1cc(CCl)nc2ccccc12. The molecule has 0 fully saturated rings. The summed E-state index contributed by atoms with van der Waals surface area (Å²) in [7, 11) is 2.10. The van der Waals surface area contributed by atoms with E-state index in [1.807, 2.05) is 18.2 Å². The van der Waals surface area contributed by atoms with Crippen molar-refractivity contribution in [2.24, 2.45) is 0 Å². The number of fused-ring (bicyclic) bond motifs is 1. The van der Waals surface area contributed by atoms with Crippen molar-refractivity contribution in [2.45, 2.75) is 12.4 Å². The number of pyridine rings is 1. The lowest BCUT2D eigenvalue weighted by Crippen LogP contribution is -2.16. The number of aromatic nitrogens is 1. The molecular weight excluding hydrogens is 368 g/mol. The fraction of sp³-hybridized carbons (Fsp3) is 0.188. The fourth-order valence-corrected chi connectivity index (χ4v) is 3.72. The van der Waals surface area contributed by atoms with Gasteiger partial charge in [-0.25, -0.2) is 0 Å². The highest BCUT2D eigenvalue weighted by Gasteiger charge is 2.10. The molecule has 0 bridgehead atoms. The maximum atomic E-state index is 5.98. The molecule has 0 aliphatic rings. The average molecular weight is 382 g/mol. The Morgan fingerprint density at radius 2 is 2.10 bits per heavy atom. The first-order chi connectivity index (χ1) is 10.2. The van der Waals surface area contributed by atoms with E-state index in [1.165, 1.54) is 11.3 Å². The molecule has 21 heavy (non-hydrogen) atoms. The van der Waals surface area contributed by atoms with Crippen molar-refractivity contribution < 1.29 is 0 Å².